The number of nitrogens with zero attached hydrogens (tertiary/aromatic N) is 1. The Bertz CT molecular complexity index is 361. The molecule has 0 aromatic carbocycles. The summed E-state index contributed by atoms with van der Waals surface area (Å²) in [5.74, 6) is 3.50. The highest BCUT2D eigenvalue weighted by atomic mass is 19.1. The van der Waals surface area contributed by atoms with Crippen LogP contribution in [-0.2, 0) is 9.53 Å². The summed E-state index contributed by atoms with van der Waals surface area (Å²) in [6.07, 6.45) is 1.03. The summed E-state index contributed by atoms with van der Waals surface area (Å²) < 4.78 is 16.6. The molecule has 3 nitrogen and oxygen atoms in total. The molecule has 66 valence electrons. The fraction of sp³-hybridized carbons (Fsp3) is 0.111. The van der Waals surface area contributed by atoms with Crippen LogP contribution in [0.3, 0.4) is 0 Å². The second-order valence-corrected chi connectivity index (χ2v) is 2.10. The van der Waals surface area contributed by atoms with Gasteiger partial charge in [0.25, 0.3) is 0 Å². The highest BCUT2D eigenvalue weighted by molar-refractivity contribution is 5.88. The zero-order valence-electron chi connectivity index (χ0n) is 6.87. The highest BCUT2D eigenvalue weighted by Gasteiger charge is 1.92. The van der Waals surface area contributed by atoms with E-state index in [9.17, 15) is 9.18 Å². The molecule has 0 saturated carbocycles. The average molecular weight is 179 g/mol. The third-order valence-electron chi connectivity index (χ3n) is 1.21. The van der Waals surface area contributed by atoms with Crippen LogP contribution in [0.15, 0.2) is 18.3 Å². The van der Waals surface area contributed by atoms with Gasteiger partial charge in [0.15, 0.2) is 0 Å². The Morgan fingerprint density at radius 3 is 2.92 bits per heavy atom. The van der Waals surface area contributed by atoms with E-state index in [0.29, 0.717) is 5.69 Å². The number of methoxy groups -OCH3 is 1. The Morgan fingerprint density at radius 2 is 2.38 bits per heavy atom. The molecule has 0 aliphatic heterocycles. The van der Waals surface area contributed by atoms with Gasteiger partial charge >= 0.3 is 5.97 Å². The van der Waals surface area contributed by atoms with Crippen molar-refractivity contribution in [3.05, 3.63) is 29.8 Å². The summed E-state index contributed by atoms with van der Waals surface area (Å²) in [5.41, 5.74) is 0.326. The minimum absolute atomic E-state index is 0.326. The van der Waals surface area contributed by atoms with Crippen LogP contribution in [0.25, 0.3) is 0 Å². The summed E-state index contributed by atoms with van der Waals surface area (Å²) in [6, 6.07) is 2.60. The monoisotopic (exact) mass is 179 g/mol. The van der Waals surface area contributed by atoms with Crippen LogP contribution in [-0.4, -0.2) is 18.1 Å². The minimum atomic E-state index is -0.647. The number of pyridine rings is 1. The molecular weight excluding hydrogens is 173 g/mol. The third kappa shape index (κ3) is 2.91. The van der Waals surface area contributed by atoms with Crippen LogP contribution < -0.4 is 0 Å². The molecule has 0 spiro atoms. The predicted molar refractivity (Wildman–Crippen MR) is 43.1 cm³/mol. The second-order valence-electron chi connectivity index (χ2n) is 2.10. The van der Waals surface area contributed by atoms with Crippen molar-refractivity contribution in [2.75, 3.05) is 7.11 Å². The van der Waals surface area contributed by atoms with Gasteiger partial charge in [0, 0.05) is 5.92 Å². The van der Waals surface area contributed by atoms with E-state index in [2.05, 4.69) is 21.6 Å². The van der Waals surface area contributed by atoms with Gasteiger partial charge in [-0.15, -0.1) is 0 Å². The zero-order valence-corrected chi connectivity index (χ0v) is 6.87. The van der Waals surface area contributed by atoms with Gasteiger partial charge in [0.1, 0.15) is 11.5 Å². The first-order chi connectivity index (χ1) is 6.22. The number of carbonyl (C=O) groups is 1. The van der Waals surface area contributed by atoms with Crippen LogP contribution >= 0.6 is 0 Å². The maximum absolute atomic E-state index is 12.3. The molecule has 0 unspecified atom stereocenters. The van der Waals surface area contributed by atoms with Crippen molar-refractivity contribution in [1.82, 2.24) is 4.98 Å². The average Bonchev–Trinajstić information content (AvgIpc) is 2.16. The summed E-state index contributed by atoms with van der Waals surface area (Å²) in [4.78, 5) is 14.2. The molecule has 4 heteroatoms. The quantitative estimate of drug-likeness (QED) is 0.435. The highest BCUT2D eigenvalue weighted by Crippen LogP contribution is 1.95. The van der Waals surface area contributed by atoms with Crippen molar-refractivity contribution >= 4 is 5.97 Å². The van der Waals surface area contributed by atoms with Gasteiger partial charge < -0.3 is 4.74 Å². The molecule has 0 atom stereocenters. The molecule has 0 bridgehead atoms. The lowest BCUT2D eigenvalue weighted by Gasteiger charge is -1.88. The lowest BCUT2D eigenvalue weighted by atomic mass is 10.3. The van der Waals surface area contributed by atoms with E-state index >= 15 is 0 Å². The van der Waals surface area contributed by atoms with Gasteiger partial charge in [0.2, 0.25) is 0 Å². The predicted octanol–water partition coefficient (Wildman–Crippen LogP) is 0.745. The van der Waals surface area contributed by atoms with E-state index in [1.807, 2.05) is 0 Å². The SMILES string of the molecule is COC(=O)C#Cc1ccc(F)cn1. The molecule has 0 aliphatic rings. The van der Waals surface area contributed by atoms with Gasteiger partial charge in [-0.2, -0.15) is 0 Å². The third-order valence-corrected chi connectivity index (χ3v) is 1.21. The molecule has 0 saturated heterocycles. The van der Waals surface area contributed by atoms with Crippen LogP contribution in [0, 0.1) is 17.7 Å². The number of aromatic nitrogens is 1. The van der Waals surface area contributed by atoms with Gasteiger partial charge in [-0.1, -0.05) is 0 Å². The maximum atomic E-state index is 12.3. The van der Waals surface area contributed by atoms with Crippen LogP contribution in [0.2, 0.25) is 0 Å². The molecule has 0 radical (unpaired) electrons. The normalized spacial score (nSPS) is 8.46. The maximum Gasteiger partial charge on any atom is 0.384 e. The zero-order chi connectivity index (χ0) is 9.68. The molecule has 0 aliphatic carbocycles. The Balaban J connectivity index is 2.78. The number of carbonyl (C=O) groups excluding carboxylic acids is 1. The first-order valence-electron chi connectivity index (χ1n) is 3.44. The second kappa shape index (κ2) is 4.21. The number of ether oxygens (including phenoxy) is 1. The van der Waals surface area contributed by atoms with Crippen molar-refractivity contribution < 1.29 is 13.9 Å². The summed E-state index contributed by atoms with van der Waals surface area (Å²) in [6.45, 7) is 0. The van der Waals surface area contributed by atoms with Gasteiger partial charge in [-0.25, -0.2) is 14.2 Å². The molecular formula is C9H6FNO2. The van der Waals surface area contributed by atoms with E-state index in [1.165, 1.54) is 19.2 Å². The van der Waals surface area contributed by atoms with E-state index in [1.54, 1.807) is 0 Å². The number of hydrogen-bond acceptors (Lipinski definition) is 3. The van der Waals surface area contributed by atoms with Crippen LogP contribution in [0.4, 0.5) is 4.39 Å². The fourth-order valence-electron chi connectivity index (χ4n) is 0.616. The number of hydrogen-bond donors (Lipinski definition) is 0. The minimum Gasteiger partial charge on any atom is -0.459 e. The number of esters is 1. The molecule has 13 heavy (non-hydrogen) atoms. The molecule has 1 aromatic rings. The molecule has 1 aromatic heterocycles. The van der Waals surface area contributed by atoms with Crippen molar-refractivity contribution in [1.29, 1.82) is 0 Å². The number of rotatable bonds is 0. The van der Waals surface area contributed by atoms with Crippen molar-refractivity contribution in [2.45, 2.75) is 0 Å². The molecule has 0 amide bonds. The largest absolute Gasteiger partial charge is 0.459 e. The van der Waals surface area contributed by atoms with Crippen molar-refractivity contribution in [3.63, 3.8) is 0 Å². The molecule has 1 rings (SSSR count). The van der Waals surface area contributed by atoms with E-state index in [0.717, 1.165) is 6.20 Å². The topological polar surface area (TPSA) is 39.2 Å². The van der Waals surface area contributed by atoms with E-state index in [4.69, 9.17) is 0 Å². The molecule has 0 fully saturated rings. The van der Waals surface area contributed by atoms with Gasteiger partial charge in [-0.3, -0.25) is 0 Å². The van der Waals surface area contributed by atoms with Crippen molar-refractivity contribution in [2.24, 2.45) is 0 Å². The molecule has 0 N–H and O–H groups in total. The Kier molecular flexibility index (Phi) is 2.98. The summed E-state index contributed by atoms with van der Waals surface area (Å²) in [7, 11) is 1.23. The smallest absolute Gasteiger partial charge is 0.384 e. The lowest BCUT2D eigenvalue weighted by Crippen LogP contribution is -1.94. The van der Waals surface area contributed by atoms with Gasteiger partial charge in [-0.05, 0) is 18.1 Å². The van der Waals surface area contributed by atoms with E-state index < -0.39 is 11.8 Å². The lowest BCUT2D eigenvalue weighted by molar-refractivity contribution is -0.133. The first-order valence-corrected chi connectivity index (χ1v) is 3.44. The summed E-state index contributed by atoms with van der Waals surface area (Å²) in [5, 5.41) is 0. The standard InChI is InChI=1S/C9H6FNO2/c1-13-9(12)5-4-8-3-2-7(10)6-11-8/h2-3,6H,1H3. The van der Waals surface area contributed by atoms with Gasteiger partial charge in [0.05, 0.1) is 13.3 Å². The Hall–Kier alpha value is -1.89. The van der Waals surface area contributed by atoms with Crippen LogP contribution in [0.5, 0.6) is 0 Å². The van der Waals surface area contributed by atoms with E-state index in [-0.39, 0.29) is 0 Å². The Morgan fingerprint density at radius 1 is 1.62 bits per heavy atom. The number of halogens is 1. The fourth-order valence-corrected chi connectivity index (χ4v) is 0.616. The summed E-state index contributed by atoms with van der Waals surface area (Å²) >= 11 is 0. The molecule has 1 heterocycles. The first kappa shape index (κ1) is 9.20. The Labute approximate surface area is 74.6 Å². The van der Waals surface area contributed by atoms with Crippen molar-refractivity contribution in [3.8, 4) is 11.8 Å². The van der Waals surface area contributed by atoms with Crippen LogP contribution in [0.1, 0.15) is 5.69 Å².